The predicted molar refractivity (Wildman–Crippen MR) is 64.8 cm³/mol. The molecule has 5 heteroatoms. The normalized spacial score (nSPS) is 23.6. The third kappa shape index (κ3) is 2.51. The van der Waals surface area contributed by atoms with Crippen molar-refractivity contribution >= 4 is 11.9 Å². The summed E-state index contributed by atoms with van der Waals surface area (Å²) < 4.78 is 0. The molecule has 1 fully saturated rings. The van der Waals surface area contributed by atoms with Crippen molar-refractivity contribution in [3.05, 3.63) is 35.4 Å². The third-order valence-corrected chi connectivity index (χ3v) is 3.36. The molecule has 0 amide bonds. The fraction of sp³-hybridized carbons (Fsp3) is 0.385. The highest BCUT2D eigenvalue weighted by molar-refractivity contribution is 5.87. The summed E-state index contributed by atoms with van der Waals surface area (Å²) in [5.41, 5.74) is 0.969. The Balaban J connectivity index is 2.30. The Bertz CT molecular complexity index is 472. The number of benzene rings is 1. The Morgan fingerprint density at radius 3 is 2.72 bits per heavy atom. The van der Waals surface area contributed by atoms with Crippen LogP contribution in [-0.2, 0) is 4.79 Å². The van der Waals surface area contributed by atoms with Crippen LogP contribution in [0.25, 0.3) is 0 Å². The van der Waals surface area contributed by atoms with Crippen molar-refractivity contribution in [2.45, 2.75) is 12.3 Å². The maximum absolute atomic E-state index is 11.2. The zero-order chi connectivity index (χ0) is 13.1. The predicted octanol–water partition coefficient (Wildman–Crippen LogP) is 1.16. The van der Waals surface area contributed by atoms with Crippen LogP contribution in [0.4, 0.5) is 0 Å². The Morgan fingerprint density at radius 1 is 1.28 bits per heavy atom. The maximum atomic E-state index is 11.2. The van der Waals surface area contributed by atoms with E-state index in [2.05, 4.69) is 5.32 Å². The van der Waals surface area contributed by atoms with Crippen molar-refractivity contribution < 1.29 is 19.8 Å². The largest absolute Gasteiger partial charge is 0.481 e. The van der Waals surface area contributed by atoms with Crippen LogP contribution in [0, 0.1) is 5.92 Å². The topological polar surface area (TPSA) is 86.6 Å². The lowest BCUT2D eigenvalue weighted by atomic mass is 9.81. The SMILES string of the molecule is O=C(O)c1cccc(C2CNCCC2C(=O)O)c1. The molecule has 1 heterocycles. The van der Waals surface area contributed by atoms with E-state index in [0.29, 0.717) is 19.5 Å². The highest BCUT2D eigenvalue weighted by atomic mass is 16.4. The smallest absolute Gasteiger partial charge is 0.335 e. The van der Waals surface area contributed by atoms with Crippen molar-refractivity contribution in [2.24, 2.45) is 5.92 Å². The van der Waals surface area contributed by atoms with Crippen LogP contribution >= 0.6 is 0 Å². The Hall–Kier alpha value is -1.88. The fourth-order valence-electron chi connectivity index (χ4n) is 2.41. The number of piperidine rings is 1. The summed E-state index contributed by atoms with van der Waals surface area (Å²) in [6.07, 6.45) is 0.567. The lowest BCUT2D eigenvalue weighted by Crippen LogP contribution is -2.38. The summed E-state index contributed by atoms with van der Waals surface area (Å²) in [5, 5.41) is 21.3. The van der Waals surface area contributed by atoms with E-state index in [1.165, 1.54) is 6.07 Å². The number of rotatable bonds is 3. The zero-order valence-electron chi connectivity index (χ0n) is 9.80. The Labute approximate surface area is 104 Å². The second-order valence-corrected chi connectivity index (χ2v) is 4.47. The van der Waals surface area contributed by atoms with E-state index in [0.717, 1.165) is 5.56 Å². The molecule has 18 heavy (non-hydrogen) atoms. The van der Waals surface area contributed by atoms with Crippen molar-refractivity contribution in [1.82, 2.24) is 5.32 Å². The van der Waals surface area contributed by atoms with Gasteiger partial charge in [-0.05, 0) is 30.7 Å². The number of carboxylic acids is 2. The van der Waals surface area contributed by atoms with Gasteiger partial charge in [0.2, 0.25) is 0 Å². The molecule has 96 valence electrons. The molecule has 1 aromatic carbocycles. The molecule has 0 bridgehead atoms. The quantitative estimate of drug-likeness (QED) is 0.748. The molecule has 1 saturated heterocycles. The average Bonchev–Trinajstić information content (AvgIpc) is 2.39. The minimum atomic E-state index is -0.993. The lowest BCUT2D eigenvalue weighted by Gasteiger charge is -2.29. The molecule has 1 aliphatic rings. The van der Waals surface area contributed by atoms with Gasteiger partial charge in [0.1, 0.15) is 0 Å². The van der Waals surface area contributed by atoms with Gasteiger partial charge in [-0.25, -0.2) is 4.79 Å². The van der Waals surface area contributed by atoms with Crippen LogP contribution < -0.4 is 5.32 Å². The standard InChI is InChI=1S/C13H15NO4/c15-12(16)9-3-1-2-8(6-9)11-7-14-5-4-10(11)13(17)18/h1-3,6,10-11,14H,4-5,7H2,(H,15,16)(H,17,18). The first kappa shape index (κ1) is 12.6. The highest BCUT2D eigenvalue weighted by Crippen LogP contribution is 2.30. The van der Waals surface area contributed by atoms with Crippen molar-refractivity contribution in [2.75, 3.05) is 13.1 Å². The number of aliphatic carboxylic acids is 1. The van der Waals surface area contributed by atoms with E-state index in [9.17, 15) is 14.7 Å². The number of carboxylic acid groups (broad SMARTS) is 2. The summed E-state index contributed by atoms with van der Waals surface area (Å²) in [4.78, 5) is 22.1. The molecule has 2 atom stereocenters. The van der Waals surface area contributed by atoms with E-state index in [4.69, 9.17) is 5.11 Å². The van der Waals surface area contributed by atoms with Crippen LogP contribution in [0.1, 0.15) is 28.3 Å². The zero-order valence-corrected chi connectivity index (χ0v) is 9.80. The minimum absolute atomic E-state index is 0.171. The minimum Gasteiger partial charge on any atom is -0.481 e. The summed E-state index contributed by atoms with van der Waals surface area (Å²) >= 11 is 0. The number of nitrogens with one attached hydrogen (secondary N) is 1. The summed E-state index contributed by atoms with van der Waals surface area (Å²) in [7, 11) is 0. The van der Waals surface area contributed by atoms with Gasteiger partial charge in [0.15, 0.2) is 0 Å². The average molecular weight is 249 g/mol. The van der Waals surface area contributed by atoms with Crippen LogP contribution in [0.2, 0.25) is 0 Å². The van der Waals surface area contributed by atoms with E-state index >= 15 is 0 Å². The van der Waals surface area contributed by atoms with Crippen LogP contribution in [0.3, 0.4) is 0 Å². The molecule has 2 rings (SSSR count). The third-order valence-electron chi connectivity index (χ3n) is 3.36. The first-order chi connectivity index (χ1) is 8.59. The van der Waals surface area contributed by atoms with Gasteiger partial charge in [-0.2, -0.15) is 0 Å². The lowest BCUT2D eigenvalue weighted by molar-refractivity contribution is -0.143. The molecule has 1 aromatic rings. The molecular formula is C13H15NO4. The van der Waals surface area contributed by atoms with Crippen LogP contribution in [0.5, 0.6) is 0 Å². The molecule has 2 unspecified atom stereocenters. The number of aromatic carboxylic acids is 1. The van der Waals surface area contributed by atoms with E-state index in [1.807, 2.05) is 0 Å². The van der Waals surface area contributed by atoms with Gasteiger partial charge in [-0.15, -0.1) is 0 Å². The van der Waals surface area contributed by atoms with Crippen molar-refractivity contribution in [3.63, 3.8) is 0 Å². The van der Waals surface area contributed by atoms with Crippen LogP contribution in [0.15, 0.2) is 24.3 Å². The van der Waals surface area contributed by atoms with Gasteiger partial charge in [-0.1, -0.05) is 12.1 Å². The first-order valence-electron chi connectivity index (χ1n) is 5.86. The van der Waals surface area contributed by atoms with E-state index in [-0.39, 0.29) is 11.5 Å². The molecule has 3 N–H and O–H groups in total. The van der Waals surface area contributed by atoms with Gasteiger partial charge in [0.05, 0.1) is 11.5 Å². The molecule has 0 aromatic heterocycles. The van der Waals surface area contributed by atoms with Gasteiger partial charge in [0.25, 0.3) is 0 Å². The highest BCUT2D eigenvalue weighted by Gasteiger charge is 2.31. The maximum Gasteiger partial charge on any atom is 0.335 e. The molecular weight excluding hydrogens is 234 g/mol. The van der Waals surface area contributed by atoms with Gasteiger partial charge < -0.3 is 15.5 Å². The van der Waals surface area contributed by atoms with Gasteiger partial charge >= 0.3 is 11.9 Å². The second-order valence-electron chi connectivity index (χ2n) is 4.47. The number of carbonyl (C=O) groups is 2. The summed E-state index contributed by atoms with van der Waals surface area (Å²) in [5.74, 6) is -2.43. The Morgan fingerprint density at radius 2 is 2.06 bits per heavy atom. The number of hydrogen-bond donors (Lipinski definition) is 3. The molecule has 0 saturated carbocycles. The van der Waals surface area contributed by atoms with Crippen molar-refractivity contribution in [3.8, 4) is 0 Å². The Kier molecular flexibility index (Phi) is 3.62. The van der Waals surface area contributed by atoms with Crippen LogP contribution in [-0.4, -0.2) is 35.2 Å². The fourth-order valence-corrected chi connectivity index (χ4v) is 2.41. The summed E-state index contributed by atoms with van der Waals surface area (Å²) in [6, 6.07) is 6.53. The van der Waals surface area contributed by atoms with Gasteiger partial charge in [-0.3, -0.25) is 4.79 Å². The molecule has 0 aliphatic carbocycles. The molecule has 0 spiro atoms. The monoisotopic (exact) mass is 249 g/mol. The molecule has 5 nitrogen and oxygen atoms in total. The van der Waals surface area contributed by atoms with E-state index < -0.39 is 17.9 Å². The number of hydrogen-bond acceptors (Lipinski definition) is 3. The summed E-state index contributed by atoms with van der Waals surface area (Å²) in [6.45, 7) is 1.26. The van der Waals surface area contributed by atoms with E-state index in [1.54, 1.807) is 18.2 Å². The van der Waals surface area contributed by atoms with Gasteiger partial charge in [0, 0.05) is 12.5 Å². The second kappa shape index (κ2) is 5.18. The first-order valence-corrected chi connectivity index (χ1v) is 5.86. The molecule has 1 aliphatic heterocycles. The molecule has 0 radical (unpaired) electrons. The van der Waals surface area contributed by atoms with Crippen molar-refractivity contribution in [1.29, 1.82) is 0 Å².